The van der Waals surface area contributed by atoms with Crippen LogP contribution in [0.2, 0.25) is 0 Å². The average molecular weight is 379 g/mol. The SMILES string of the molecule is O=c1cc2c(nn1C1COCC1Nc1cncc(-n3cccn3)n1)CCCC2. The number of ether oxygens (including phenoxy) is 1. The number of fused-ring (bicyclic) bond motifs is 1. The zero-order valence-electron chi connectivity index (χ0n) is 15.4. The van der Waals surface area contributed by atoms with Gasteiger partial charge in [0.25, 0.3) is 5.56 Å². The maximum Gasteiger partial charge on any atom is 0.267 e. The predicted molar refractivity (Wildman–Crippen MR) is 102 cm³/mol. The quantitative estimate of drug-likeness (QED) is 0.726. The van der Waals surface area contributed by atoms with Gasteiger partial charge < -0.3 is 10.1 Å². The van der Waals surface area contributed by atoms with E-state index in [0.29, 0.717) is 24.8 Å². The lowest BCUT2D eigenvalue weighted by Crippen LogP contribution is -2.38. The van der Waals surface area contributed by atoms with E-state index in [1.165, 1.54) is 0 Å². The maximum atomic E-state index is 12.7. The molecule has 0 amide bonds. The van der Waals surface area contributed by atoms with Crippen molar-refractivity contribution in [3.8, 4) is 5.82 Å². The van der Waals surface area contributed by atoms with Gasteiger partial charge in [-0.3, -0.25) is 9.78 Å². The smallest absolute Gasteiger partial charge is 0.267 e. The Kier molecular flexibility index (Phi) is 4.36. The third-order valence-corrected chi connectivity index (χ3v) is 5.29. The van der Waals surface area contributed by atoms with E-state index in [1.54, 1.807) is 34.0 Å². The summed E-state index contributed by atoms with van der Waals surface area (Å²) < 4.78 is 8.90. The summed E-state index contributed by atoms with van der Waals surface area (Å²) in [5.74, 6) is 1.23. The molecule has 0 aromatic carbocycles. The van der Waals surface area contributed by atoms with Gasteiger partial charge in [0.2, 0.25) is 0 Å². The minimum absolute atomic E-state index is 0.0701. The highest BCUT2D eigenvalue weighted by Gasteiger charge is 2.32. The van der Waals surface area contributed by atoms with Crippen molar-refractivity contribution >= 4 is 5.82 Å². The van der Waals surface area contributed by atoms with Crippen molar-refractivity contribution in [1.82, 2.24) is 29.5 Å². The number of nitrogens with one attached hydrogen (secondary N) is 1. The van der Waals surface area contributed by atoms with Gasteiger partial charge in [-0.15, -0.1) is 0 Å². The van der Waals surface area contributed by atoms with Crippen LogP contribution >= 0.6 is 0 Å². The molecule has 4 heterocycles. The Bertz CT molecular complexity index is 1030. The van der Waals surface area contributed by atoms with Crippen LogP contribution < -0.4 is 10.9 Å². The van der Waals surface area contributed by atoms with E-state index >= 15 is 0 Å². The fourth-order valence-electron chi connectivity index (χ4n) is 3.87. The highest BCUT2D eigenvalue weighted by Crippen LogP contribution is 2.23. The van der Waals surface area contributed by atoms with Crippen LogP contribution in [-0.2, 0) is 17.6 Å². The highest BCUT2D eigenvalue weighted by atomic mass is 16.5. The first-order valence-electron chi connectivity index (χ1n) is 9.56. The minimum Gasteiger partial charge on any atom is -0.377 e. The topological polar surface area (TPSA) is 99.8 Å². The molecule has 2 aliphatic rings. The molecule has 0 saturated carbocycles. The van der Waals surface area contributed by atoms with Crippen LogP contribution in [0.1, 0.15) is 30.1 Å². The van der Waals surface area contributed by atoms with Gasteiger partial charge in [0.15, 0.2) is 5.82 Å². The molecule has 3 aromatic heterocycles. The lowest BCUT2D eigenvalue weighted by Gasteiger charge is -2.23. The molecule has 0 spiro atoms. The maximum absolute atomic E-state index is 12.7. The molecule has 1 N–H and O–H groups in total. The molecule has 0 radical (unpaired) electrons. The van der Waals surface area contributed by atoms with Crippen LogP contribution in [0.5, 0.6) is 0 Å². The summed E-state index contributed by atoms with van der Waals surface area (Å²) in [6.07, 6.45) is 10.9. The fourth-order valence-corrected chi connectivity index (χ4v) is 3.87. The normalized spacial score (nSPS) is 21.4. The van der Waals surface area contributed by atoms with Crippen LogP contribution in [0, 0.1) is 0 Å². The summed E-state index contributed by atoms with van der Waals surface area (Å²) in [6, 6.07) is 3.27. The lowest BCUT2D eigenvalue weighted by molar-refractivity contribution is 0.182. The Balaban J connectivity index is 1.41. The van der Waals surface area contributed by atoms with Gasteiger partial charge in [-0.05, 0) is 37.3 Å². The largest absolute Gasteiger partial charge is 0.377 e. The van der Waals surface area contributed by atoms with Crippen molar-refractivity contribution in [2.45, 2.75) is 37.8 Å². The zero-order valence-corrected chi connectivity index (χ0v) is 15.4. The number of aryl methyl sites for hydroxylation is 2. The van der Waals surface area contributed by atoms with E-state index in [0.717, 1.165) is 36.9 Å². The molecule has 3 aromatic rings. The molecule has 2 atom stereocenters. The second-order valence-corrected chi connectivity index (χ2v) is 7.17. The van der Waals surface area contributed by atoms with Gasteiger partial charge in [-0.2, -0.15) is 10.2 Å². The van der Waals surface area contributed by atoms with Gasteiger partial charge in [-0.25, -0.2) is 14.3 Å². The Morgan fingerprint density at radius 1 is 1.18 bits per heavy atom. The number of nitrogens with zero attached hydrogens (tertiary/aromatic N) is 6. The number of rotatable bonds is 4. The monoisotopic (exact) mass is 379 g/mol. The summed E-state index contributed by atoms with van der Waals surface area (Å²) in [6.45, 7) is 0.916. The second kappa shape index (κ2) is 7.16. The van der Waals surface area contributed by atoms with Gasteiger partial charge in [0, 0.05) is 18.5 Å². The first-order chi connectivity index (χ1) is 13.8. The molecular weight excluding hydrogens is 358 g/mol. The third kappa shape index (κ3) is 3.18. The predicted octanol–water partition coefficient (Wildman–Crippen LogP) is 1.15. The summed E-state index contributed by atoms with van der Waals surface area (Å²) in [5.41, 5.74) is 2.06. The van der Waals surface area contributed by atoms with E-state index in [9.17, 15) is 4.79 Å². The molecule has 5 rings (SSSR count). The molecule has 144 valence electrons. The van der Waals surface area contributed by atoms with E-state index in [2.05, 4.69) is 25.5 Å². The molecular formula is C19H21N7O2. The fraction of sp³-hybridized carbons (Fsp3) is 0.421. The van der Waals surface area contributed by atoms with Crippen LogP contribution in [0.25, 0.3) is 5.82 Å². The van der Waals surface area contributed by atoms with E-state index in [4.69, 9.17) is 4.74 Å². The summed E-state index contributed by atoms with van der Waals surface area (Å²) >= 11 is 0. The van der Waals surface area contributed by atoms with Crippen LogP contribution in [0.3, 0.4) is 0 Å². The first-order valence-corrected chi connectivity index (χ1v) is 9.56. The van der Waals surface area contributed by atoms with Crippen molar-refractivity contribution in [1.29, 1.82) is 0 Å². The van der Waals surface area contributed by atoms with Crippen LogP contribution in [0.15, 0.2) is 41.7 Å². The minimum atomic E-state index is -0.185. The van der Waals surface area contributed by atoms with Crippen LogP contribution in [0.4, 0.5) is 5.82 Å². The number of hydrogen-bond acceptors (Lipinski definition) is 7. The van der Waals surface area contributed by atoms with Crippen molar-refractivity contribution < 1.29 is 4.74 Å². The Hall–Kier alpha value is -3.07. The second-order valence-electron chi connectivity index (χ2n) is 7.17. The highest BCUT2D eigenvalue weighted by molar-refractivity contribution is 5.37. The van der Waals surface area contributed by atoms with Gasteiger partial charge >= 0.3 is 0 Å². The van der Waals surface area contributed by atoms with E-state index in [-0.39, 0.29) is 17.6 Å². The van der Waals surface area contributed by atoms with Crippen molar-refractivity contribution in [2.24, 2.45) is 0 Å². The Labute approximate surface area is 161 Å². The molecule has 1 fully saturated rings. The molecule has 1 aliphatic carbocycles. The molecule has 1 saturated heterocycles. The first kappa shape index (κ1) is 17.1. The molecule has 9 nitrogen and oxygen atoms in total. The average Bonchev–Trinajstić information content (AvgIpc) is 3.40. The number of aromatic nitrogens is 6. The van der Waals surface area contributed by atoms with Crippen molar-refractivity contribution in [2.75, 3.05) is 18.5 Å². The van der Waals surface area contributed by atoms with Crippen molar-refractivity contribution in [3.63, 3.8) is 0 Å². The Morgan fingerprint density at radius 3 is 3.00 bits per heavy atom. The summed E-state index contributed by atoms with van der Waals surface area (Å²) in [5, 5.41) is 12.2. The summed E-state index contributed by atoms with van der Waals surface area (Å²) in [7, 11) is 0. The number of hydrogen-bond donors (Lipinski definition) is 1. The molecule has 1 aliphatic heterocycles. The zero-order chi connectivity index (χ0) is 18.9. The van der Waals surface area contributed by atoms with Crippen molar-refractivity contribution in [3.05, 3.63) is 58.5 Å². The molecule has 2 unspecified atom stereocenters. The number of anilines is 1. The van der Waals surface area contributed by atoms with Gasteiger partial charge in [0.1, 0.15) is 11.9 Å². The Morgan fingerprint density at radius 2 is 2.11 bits per heavy atom. The molecule has 0 bridgehead atoms. The van der Waals surface area contributed by atoms with Gasteiger partial charge in [0.05, 0.1) is 37.3 Å². The van der Waals surface area contributed by atoms with Crippen LogP contribution in [-0.4, -0.2) is 48.8 Å². The van der Waals surface area contributed by atoms with E-state index in [1.807, 2.05) is 12.3 Å². The molecule has 9 heteroatoms. The third-order valence-electron chi connectivity index (χ3n) is 5.29. The summed E-state index contributed by atoms with van der Waals surface area (Å²) in [4.78, 5) is 21.5. The standard InChI is InChI=1S/C19H21N7O2/c27-19-8-13-4-1-2-5-14(13)24-26(19)16-12-28-11-15(16)22-17-9-20-10-18(23-17)25-7-3-6-21-25/h3,6-10,15-16H,1-2,4-5,11-12H2,(H,22,23). The van der Waals surface area contributed by atoms with Gasteiger partial charge in [-0.1, -0.05) is 0 Å². The molecule has 28 heavy (non-hydrogen) atoms. The lowest BCUT2D eigenvalue weighted by atomic mass is 9.97. The van der Waals surface area contributed by atoms with E-state index < -0.39 is 0 Å².